The number of aromatic nitrogens is 3. The first-order valence-corrected chi connectivity index (χ1v) is 12.8. The summed E-state index contributed by atoms with van der Waals surface area (Å²) >= 11 is 0.899. The number of rotatable bonds is 7. The predicted octanol–water partition coefficient (Wildman–Crippen LogP) is 5.10. The Morgan fingerprint density at radius 1 is 1.00 bits per heavy atom. The van der Waals surface area contributed by atoms with Gasteiger partial charge in [-0.15, -0.1) is 0 Å². The normalized spacial score (nSPS) is 17.7. The number of anilines is 1. The molecule has 1 aromatic carbocycles. The van der Waals surface area contributed by atoms with E-state index in [-0.39, 0.29) is 11.1 Å². The standard InChI is InChI=1S/C27H27N5O2S/c33-25-24(35-27(34)31-25)17-23-11-14-28-26(30-23)32-15-12-19(13-16-32)5-4-8-22-10-9-21(18-29-22)20-6-2-1-3-7-20/h1-3,6-7,9-11,14,17-19H,4-5,8,12-13,15-16H2,(H,31,33,34)/b24-17-. The summed E-state index contributed by atoms with van der Waals surface area (Å²) in [6.07, 6.45) is 10.9. The number of amides is 2. The Morgan fingerprint density at radius 3 is 2.54 bits per heavy atom. The summed E-state index contributed by atoms with van der Waals surface area (Å²) in [6.45, 7) is 1.84. The summed E-state index contributed by atoms with van der Waals surface area (Å²) in [4.78, 5) is 39.4. The third-order valence-electron chi connectivity index (χ3n) is 6.46. The zero-order chi connectivity index (χ0) is 24.0. The van der Waals surface area contributed by atoms with Crippen LogP contribution in [-0.4, -0.2) is 39.2 Å². The van der Waals surface area contributed by atoms with E-state index in [0.717, 1.165) is 61.8 Å². The number of nitrogens with zero attached hydrogens (tertiary/aromatic N) is 4. The number of imide groups is 1. The average molecular weight is 486 g/mol. The van der Waals surface area contributed by atoms with Gasteiger partial charge in [-0.1, -0.05) is 36.4 Å². The van der Waals surface area contributed by atoms with Crippen molar-refractivity contribution in [2.45, 2.75) is 32.1 Å². The van der Waals surface area contributed by atoms with Gasteiger partial charge in [0.25, 0.3) is 11.1 Å². The maximum absolute atomic E-state index is 11.8. The van der Waals surface area contributed by atoms with Gasteiger partial charge in [-0.3, -0.25) is 19.9 Å². The van der Waals surface area contributed by atoms with Crippen LogP contribution >= 0.6 is 11.8 Å². The molecule has 0 atom stereocenters. The minimum atomic E-state index is -0.372. The van der Waals surface area contributed by atoms with E-state index in [2.05, 4.69) is 49.4 Å². The van der Waals surface area contributed by atoms with Gasteiger partial charge in [0.05, 0.1) is 10.6 Å². The molecule has 8 heteroatoms. The van der Waals surface area contributed by atoms with E-state index < -0.39 is 0 Å². The van der Waals surface area contributed by atoms with Crippen molar-refractivity contribution in [1.82, 2.24) is 20.3 Å². The third kappa shape index (κ3) is 5.95. The quantitative estimate of drug-likeness (QED) is 0.466. The van der Waals surface area contributed by atoms with Crippen LogP contribution in [0.5, 0.6) is 0 Å². The molecule has 0 spiro atoms. The van der Waals surface area contributed by atoms with Crippen molar-refractivity contribution in [3.8, 4) is 11.1 Å². The van der Waals surface area contributed by atoms with Crippen molar-refractivity contribution in [3.63, 3.8) is 0 Å². The summed E-state index contributed by atoms with van der Waals surface area (Å²) < 4.78 is 0. The van der Waals surface area contributed by atoms with Crippen molar-refractivity contribution < 1.29 is 9.59 Å². The molecule has 2 amide bonds. The number of benzene rings is 1. The molecular formula is C27H27N5O2S. The first-order valence-electron chi connectivity index (χ1n) is 12.0. The van der Waals surface area contributed by atoms with Crippen LogP contribution in [0.4, 0.5) is 10.7 Å². The smallest absolute Gasteiger partial charge is 0.290 e. The number of hydrogen-bond donors (Lipinski definition) is 1. The molecule has 0 radical (unpaired) electrons. The maximum Gasteiger partial charge on any atom is 0.290 e. The summed E-state index contributed by atoms with van der Waals surface area (Å²) in [6, 6.07) is 16.4. The number of nitrogens with one attached hydrogen (secondary N) is 1. The zero-order valence-corrected chi connectivity index (χ0v) is 20.2. The molecule has 0 aliphatic carbocycles. The van der Waals surface area contributed by atoms with Gasteiger partial charge >= 0.3 is 0 Å². The van der Waals surface area contributed by atoms with Gasteiger partial charge in [0.15, 0.2) is 0 Å². The van der Waals surface area contributed by atoms with E-state index in [1.54, 1.807) is 18.3 Å². The minimum absolute atomic E-state index is 0.349. The summed E-state index contributed by atoms with van der Waals surface area (Å²) in [7, 11) is 0. The lowest BCUT2D eigenvalue weighted by Crippen LogP contribution is -2.35. The number of thioether (sulfide) groups is 1. The second kappa shape index (κ2) is 10.8. The summed E-state index contributed by atoms with van der Waals surface area (Å²) in [5.74, 6) is 1.00. The van der Waals surface area contributed by atoms with E-state index in [9.17, 15) is 9.59 Å². The topological polar surface area (TPSA) is 88.1 Å². The number of carbonyl (C=O) groups excluding carboxylic acids is 2. The van der Waals surface area contributed by atoms with Gasteiger partial charge < -0.3 is 4.90 Å². The van der Waals surface area contributed by atoms with Crippen LogP contribution in [-0.2, 0) is 11.2 Å². The molecule has 2 aliphatic rings. The number of piperidine rings is 1. The fraction of sp³-hybridized carbons (Fsp3) is 0.296. The molecule has 4 heterocycles. The largest absolute Gasteiger partial charge is 0.341 e. The Bertz CT molecular complexity index is 1220. The van der Waals surface area contributed by atoms with Crippen LogP contribution in [0.15, 0.2) is 65.8 Å². The van der Waals surface area contributed by atoms with Crippen molar-refractivity contribution in [1.29, 1.82) is 0 Å². The van der Waals surface area contributed by atoms with Gasteiger partial charge in [0.2, 0.25) is 5.95 Å². The van der Waals surface area contributed by atoms with E-state index in [4.69, 9.17) is 0 Å². The third-order valence-corrected chi connectivity index (χ3v) is 7.27. The lowest BCUT2D eigenvalue weighted by molar-refractivity contribution is -0.115. The van der Waals surface area contributed by atoms with E-state index >= 15 is 0 Å². The van der Waals surface area contributed by atoms with Gasteiger partial charge in [-0.05, 0) is 73.6 Å². The maximum atomic E-state index is 11.8. The molecule has 35 heavy (non-hydrogen) atoms. The van der Waals surface area contributed by atoms with Crippen LogP contribution in [0.2, 0.25) is 0 Å². The van der Waals surface area contributed by atoms with E-state index in [0.29, 0.717) is 22.5 Å². The highest BCUT2D eigenvalue weighted by atomic mass is 32.2. The average Bonchev–Trinajstić information content (AvgIpc) is 3.21. The molecule has 1 N–H and O–H groups in total. The number of aryl methyl sites for hydroxylation is 1. The molecule has 5 rings (SSSR count). The Balaban J connectivity index is 1.09. The van der Waals surface area contributed by atoms with Gasteiger partial charge in [0.1, 0.15) is 0 Å². The first kappa shape index (κ1) is 23.2. The first-order chi connectivity index (χ1) is 17.1. The van der Waals surface area contributed by atoms with Gasteiger partial charge in [0, 0.05) is 36.7 Å². The Kier molecular flexibility index (Phi) is 7.18. The molecule has 2 aliphatic heterocycles. The zero-order valence-electron chi connectivity index (χ0n) is 19.4. The minimum Gasteiger partial charge on any atom is -0.341 e. The van der Waals surface area contributed by atoms with Crippen LogP contribution < -0.4 is 10.2 Å². The van der Waals surface area contributed by atoms with Crippen molar-refractivity contribution in [2.75, 3.05) is 18.0 Å². The highest BCUT2D eigenvalue weighted by molar-refractivity contribution is 8.18. The lowest BCUT2D eigenvalue weighted by Gasteiger charge is -2.32. The van der Waals surface area contributed by atoms with Crippen LogP contribution in [0.25, 0.3) is 17.2 Å². The van der Waals surface area contributed by atoms with Gasteiger partial charge in [-0.25, -0.2) is 9.97 Å². The molecule has 0 saturated carbocycles. The summed E-state index contributed by atoms with van der Waals surface area (Å²) in [5, 5.41) is 1.92. The van der Waals surface area contributed by atoms with Crippen molar-refractivity contribution in [3.05, 3.63) is 77.2 Å². The lowest BCUT2D eigenvalue weighted by atomic mass is 9.91. The molecule has 2 fully saturated rings. The fourth-order valence-corrected chi connectivity index (χ4v) is 5.18. The van der Waals surface area contributed by atoms with E-state index in [1.807, 2.05) is 24.4 Å². The Hall–Kier alpha value is -3.52. The Morgan fingerprint density at radius 2 is 1.83 bits per heavy atom. The monoisotopic (exact) mass is 485 g/mol. The SMILES string of the molecule is O=C1NC(=O)/C(=C/c2ccnc(N3CCC(CCCc4ccc(-c5ccccc5)cn4)CC3)n2)S1. The highest BCUT2D eigenvalue weighted by Crippen LogP contribution is 2.27. The molecule has 2 saturated heterocycles. The predicted molar refractivity (Wildman–Crippen MR) is 139 cm³/mol. The highest BCUT2D eigenvalue weighted by Gasteiger charge is 2.25. The Labute approximate surface area is 209 Å². The second-order valence-corrected chi connectivity index (χ2v) is 9.88. The molecule has 178 valence electrons. The number of carbonyl (C=O) groups is 2. The molecule has 0 bridgehead atoms. The van der Waals surface area contributed by atoms with Crippen LogP contribution in [0.3, 0.4) is 0 Å². The molecule has 0 unspecified atom stereocenters. The number of pyridine rings is 1. The summed E-state index contributed by atoms with van der Waals surface area (Å²) in [5.41, 5.74) is 4.14. The fourth-order valence-electron chi connectivity index (χ4n) is 4.52. The van der Waals surface area contributed by atoms with Crippen LogP contribution in [0.1, 0.15) is 37.1 Å². The molecule has 3 aromatic rings. The molecule has 2 aromatic heterocycles. The number of hydrogen-bond acceptors (Lipinski definition) is 7. The van der Waals surface area contributed by atoms with Gasteiger partial charge in [-0.2, -0.15) is 0 Å². The van der Waals surface area contributed by atoms with Crippen LogP contribution in [0, 0.1) is 5.92 Å². The van der Waals surface area contributed by atoms with E-state index in [1.165, 1.54) is 12.0 Å². The molecule has 7 nitrogen and oxygen atoms in total. The van der Waals surface area contributed by atoms with Crippen molar-refractivity contribution in [2.24, 2.45) is 5.92 Å². The molecular weight excluding hydrogens is 458 g/mol. The second-order valence-electron chi connectivity index (χ2n) is 8.86. The van der Waals surface area contributed by atoms with Crippen molar-refractivity contribution >= 4 is 34.9 Å².